The molecule has 0 fully saturated rings. The highest BCUT2D eigenvalue weighted by Gasteiger charge is 2.19. The van der Waals surface area contributed by atoms with Gasteiger partial charge in [-0.2, -0.15) is 0 Å². The van der Waals surface area contributed by atoms with Gasteiger partial charge in [-0.15, -0.1) is 11.3 Å². The van der Waals surface area contributed by atoms with Crippen molar-refractivity contribution in [3.63, 3.8) is 0 Å². The molecule has 114 valence electrons. The molecule has 0 saturated carbocycles. The molecular weight excluding hydrogens is 306 g/mol. The Morgan fingerprint density at radius 2 is 2.00 bits per heavy atom. The van der Waals surface area contributed by atoms with E-state index < -0.39 is 0 Å². The van der Waals surface area contributed by atoms with Crippen LogP contribution in [-0.2, 0) is 0 Å². The summed E-state index contributed by atoms with van der Waals surface area (Å²) in [5.41, 5.74) is 6.67. The van der Waals surface area contributed by atoms with Crippen LogP contribution in [0.4, 0.5) is 5.69 Å². The maximum atomic E-state index is 12.5. The number of rotatable bonds is 5. The average molecular weight is 326 g/mol. The second kappa shape index (κ2) is 6.64. The van der Waals surface area contributed by atoms with Gasteiger partial charge in [-0.25, -0.2) is 0 Å². The van der Waals surface area contributed by atoms with E-state index in [0.29, 0.717) is 22.1 Å². The highest BCUT2D eigenvalue weighted by atomic mass is 35.5. The van der Waals surface area contributed by atoms with E-state index in [1.165, 1.54) is 11.3 Å². The Kier molecular flexibility index (Phi) is 5.08. The second-order valence-corrected chi connectivity index (χ2v) is 6.86. The monoisotopic (exact) mass is 325 g/mol. The maximum Gasteiger partial charge on any atom is 0.265 e. The molecule has 0 aliphatic heterocycles. The zero-order valence-corrected chi connectivity index (χ0v) is 14.1. The number of carbonyl (C=O) groups is 1. The fourth-order valence-corrected chi connectivity index (χ4v) is 3.54. The summed E-state index contributed by atoms with van der Waals surface area (Å²) >= 11 is 7.39. The van der Waals surface area contributed by atoms with Gasteiger partial charge in [0.15, 0.2) is 0 Å². The van der Waals surface area contributed by atoms with Crippen LogP contribution >= 0.6 is 22.9 Å². The largest absolute Gasteiger partial charge is 0.397 e. The van der Waals surface area contributed by atoms with Crippen LogP contribution in [0.2, 0.25) is 5.02 Å². The number of benzene rings is 1. The van der Waals surface area contributed by atoms with E-state index in [1.807, 2.05) is 33.3 Å². The molecule has 0 atom stereocenters. The molecule has 1 amide bonds. The molecule has 0 aliphatic carbocycles. The van der Waals surface area contributed by atoms with E-state index in [1.54, 1.807) is 11.0 Å². The molecule has 0 unspecified atom stereocenters. The number of carbonyl (C=O) groups excluding carboxylic acids is 1. The van der Waals surface area contributed by atoms with Crippen LogP contribution in [-0.4, -0.2) is 49.9 Å². The van der Waals surface area contributed by atoms with Gasteiger partial charge >= 0.3 is 0 Å². The van der Waals surface area contributed by atoms with Gasteiger partial charge in [0.25, 0.3) is 5.91 Å². The van der Waals surface area contributed by atoms with Crippen LogP contribution in [0.5, 0.6) is 0 Å². The lowest BCUT2D eigenvalue weighted by Gasteiger charge is -2.18. The third kappa shape index (κ3) is 3.67. The minimum absolute atomic E-state index is 0.0245. The van der Waals surface area contributed by atoms with Crippen LogP contribution in [0.25, 0.3) is 10.1 Å². The van der Waals surface area contributed by atoms with Crippen LogP contribution in [0.15, 0.2) is 18.2 Å². The van der Waals surface area contributed by atoms with Gasteiger partial charge < -0.3 is 15.5 Å². The third-order valence-corrected chi connectivity index (χ3v) is 4.72. The fourth-order valence-electron chi connectivity index (χ4n) is 2.15. The Morgan fingerprint density at radius 1 is 1.29 bits per heavy atom. The number of amides is 1. The van der Waals surface area contributed by atoms with Gasteiger partial charge in [0.2, 0.25) is 0 Å². The minimum atomic E-state index is -0.0245. The molecule has 0 aliphatic rings. The normalized spacial score (nSPS) is 11.3. The molecule has 21 heavy (non-hydrogen) atoms. The molecular formula is C15H20ClN3OS. The van der Waals surface area contributed by atoms with Crippen molar-refractivity contribution in [2.75, 3.05) is 40.0 Å². The van der Waals surface area contributed by atoms with Gasteiger partial charge in [-0.1, -0.05) is 11.6 Å². The molecule has 6 heteroatoms. The SMILES string of the molecule is CN(C)CCCN(C)C(=O)c1sc2cc(Cl)ccc2c1N. The highest BCUT2D eigenvalue weighted by molar-refractivity contribution is 7.21. The van der Waals surface area contributed by atoms with E-state index in [9.17, 15) is 4.79 Å². The molecule has 0 spiro atoms. The molecule has 1 aromatic heterocycles. The number of nitrogens with zero attached hydrogens (tertiary/aromatic N) is 2. The number of hydrogen-bond acceptors (Lipinski definition) is 4. The summed E-state index contributed by atoms with van der Waals surface area (Å²) in [6.07, 6.45) is 0.936. The summed E-state index contributed by atoms with van der Waals surface area (Å²) in [7, 11) is 5.86. The lowest BCUT2D eigenvalue weighted by Crippen LogP contribution is -2.29. The van der Waals surface area contributed by atoms with Gasteiger partial charge in [0.05, 0.1) is 5.69 Å². The van der Waals surface area contributed by atoms with Gasteiger partial charge in [0, 0.05) is 28.7 Å². The van der Waals surface area contributed by atoms with Crippen molar-refractivity contribution in [2.45, 2.75) is 6.42 Å². The number of thiophene rings is 1. The Hall–Kier alpha value is -1.30. The van der Waals surface area contributed by atoms with Gasteiger partial charge in [-0.3, -0.25) is 4.79 Å². The summed E-state index contributed by atoms with van der Waals surface area (Å²) in [5, 5.41) is 1.55. The van der Waals surface area contributed by atoms with Crippen molar-refractivity contribution in [2.24, 2.45) is 0 Å². The summed E-state index contributed by atoms with van der Waals surface area (Å²) in [5.74, 6) is -0.0245. The van der Waals surface area contributed by atoms with E-state index in [0.717, 1.165) is 23.1 Å². The smallest absolute Gasteiger partial charge is 0.265 e. The minimum Gasteiger partial charge on any atom is -0.397 e. The molecule has 1 aromatic carbocycles. The molecule has 2 aromatic rings. The molecule has 0 saturated heterocycles. The van der Waals surface area contributed by atoms with Crippen LogP contribution in [0.1, 0.15) is 16.1 Å². The molecule has 1 heterocycles. The highest BCUT2D eigenvalue weighted by Crippen LogP contribution is 2.35. The van der Waals surface area contributed by atoms with E-state index >= 15 is 0 Å². The number of nitrogen functional groups attached to an aromatic ring is 1. The number of anilines is 1. The summed E-state index contributed by atoms with van der Waals surface area (Å²) in [6.45, 7) is 1.67. The van der Waals surface area contributed by atoms with E-state index in [-0.39, 0.29) is 5.91 Å². The summed E-state index contributed by atoms with van der Waals surface area (Å²) < 4.78 is 0.949. The lowest BCUT2D eigenvalue weighted by atomic mass is 10.2. The first-order valence-electron chi connectivity index (χ1n) is 6.78. The quantitative estimate of drug-likeness (QED) is 0.918. The predicted octanol–water partition coefficient (Wildman–Crippen LogP) is 3.16. The zero-order chi connectivity index (χ0) is 15.6. The number of halogens is 1. The van der Waals surface area contributed by atoms with Crippen molar-refractivity contribution in [1.29, 1.82) is 0 Å². The summed E-state index contributed by atoms with van der Waals surface area (Å²) in [4.78, 5) is 16.9. The van der Waals surface area contributed by atoms with E-state index in [4.69, 9.17) is 17.3 Å². The van der Waals surface area contributed by atoms with Crippen LogP contribution in [0, 0.1) is 0 Å². The summed E-state index contributed by atoms with van der Waals surface area (Å²) in [6, 6.07) is 5.51. The second-order valence-electron chi connectivity index (χ2n) is 5.37. The van der Waals surface area contributed by atoms with Crippen molar-refractivity contribution in [3.8, 4) is 0 Å². The van der Waals surface area contributed by atoms with E-state index in [2.05, 4.69) is 4.90 Å². The van der Waals surface area contributed by atoms with Crippen molar-refractivity contribution >= 4 is 44.6 Å². The molecule has 4 nitrogen and oxygen atoms in total. The molecule has 2 N–H and O–H groups in total. The van der Waals surface area contributed by atoms with Crippen LogP contribution < -0.4 is 5.73 Å². The van der Waals surface area contributed by atoms with Crippen molar-refractivity contribution < 1.29 is 4.79 Å². The molecule has 0 radical (unpaired) electrons. The lowest BCUT2D eigenvalue weighted by molar-refractivity contribution is 0.0796. The first-order chi connectivity index (χ1) is 9.90. The first-order valence-corrected chi connectivity index (χ1v) is 7.97. The number of fused-ring (bicyclic) bond motifs is 1. The van der Waals surface area contributed by atoms with Crippen molar-refractivity contribution in [3.05, 3.63) is 28.1 Å². The predicted molar refractivity (Wildman–Crippen MR) is 91.4 cm³/mol. The van der Waals surface area contributed by atoms with Gasteiger partial charge in [-0.05, 0) is 45.3 Å². The Balaban J connectivity index is 2.17. The maximum absolute atomic E-state index is 12.5. The zero-order valence-electron chi connectivity index (χ0n) is 12.5. The standard InChI is InChI=1S/C15H20ClN3OS/c1-18(2)7-4-8-19(3)15(20)14-13(17)11-6-5-10(16)9-12(11)21-14/h5-6,9H,4,7-8,17H2,1-3H3. The Morgan fingerprint density at radius 3 is 2.67 bits per heavy atom. The van der Waals surface area contributed by atoms with Crippen molar-refractivity contribution in [1.82, 2.24) is 9.80 Å². The Labute approximate surface area is 134 Å². The third-order valence-electron chi connectivity index (χ3n) is 3.33. The number of hydrogen-bond donors (Lipinski definition) is 1. The van der Waals surface area contributed by atoms with Crippen LogP contribution in [0.3, 0.4) is 0 Å². The fraction of sp³-hybridized carbons (Fsp3) is 0.400. The Bertz CT molecular complexity index is 654. The topological polar surface area (TPSA) is 49.6 Å². The number of nitrogens with two attached hydrogens (primary N) is 1. The first kappa shape index (κ1) is 16.1. The van der Waals surface area contributed by atoms with Gasteiger partial charge in [0.1, 0.15) is 4.88 Å². The molecule has 0 bridgehead atoms. The molecule has 2 rings (SSSR count). The average Bonchev–Trinajstić information content (AvgIpc) is 2.74.